The molecule has 0 saturated carbocycles. The predicted molar refractivity (Wildman–Crippen MR) is 71.5 cm³/mol. The van der Waals surface area contributed by atoms with Crippen LogP contribution in [0.15, 0.2) is 12.7 Å². The maximum atomic E-state index is 9.87. The molecule has 0 aromatic rings. The Morgan fingerprint density at radius 1 is 1.22 bits per heavy atom. The molecule has 0 aromatic carbocycles. The van der Waals surface area contributed by atoms with Gasteiger partial charge in [0.05, 0.1) is 29.0 Å². The summed E-state index contributed by atoms with van der Waals surface area (Å²) in [6, 6.07) is 0. The second-order valence-electron chi connectivity index (χ2n) is 6.77. The minimum Gasteiger partial charge on any atom is -0.386 e. The summed E-state index contributed by atoms with van der Waals surface area (Å²) in [6.45, 7) is 11.9. The van der Waals surface area contributed by atoms with E-state index in [1.54, 1.807) is 13.0 Å². The van der Waals surface area contributed by atoms with Crippen molar-refractivity contribution >= 4 is 0 Å². The molecule has 2 fully saturated rings. The Labute approximate surface area is 110 Å². The van der Waals surface area contributed by atoms with Gasteiger partial charge in [0.25, 0.3) is 0 Å². The molecule has 2 rings (SSSR count). The van der Waals surface area contributed by atoms with Gasteiger partial charge in [0.2, 0.25) is 0 Å². The van der Waals surface area contributed by atoms with Crippen LogP contribution in [0.3, 0.4) is 0 Å². The van der Waals surface area contributed by atoms with Crippen LogP contribution in [-0.4, -0.2) is 34.1 Å². The van der Waals surface area contributed by atoms with Gasteiger partial charge in [0.15, 0.2) is 0 Å². The van der Waals surface area contributed by atoms with Crippen molar-refractivity contribution in [3.8, 4) is 0 Å². The van der Waals surface area contributed by atoms with Crippen molar-refractivity contribution in [2.75, 3.05) is 0 Å². The van der Waals surface area contributed by atoms with Gasteiger partial charge in [-0.1, -0.05) is 6.08 Å². The van der Waals surface area contributed by atoms with Gasteiger partial charge >= 0.3 is 0 Å². The van der Waals surface area contributed by atoms with E-state index >= 15 is 0 Å². The molecule has 3 heteroatoms. The summed E-state index contributed by atoms with van der Waals surface area (Å²) >= 11 is 0. The van der Waals surface area contributed by atoms with Gasteiger partial charge in [-0.05, 0) is 53.4 Å². The molecule has 0 aliphatic carbocycles. The third-order valence-corrected chi connectivity index (χ3v) is 4.45. The van der Waals surface area contributed by atoms with E-state index in [4.69, 9.17) is 9.47 Å². The number of aliphatic hydroxyl groups is 1. The zero-order valence-electron chi connectivity index (χ0n) is 12.0. The highest BCUT2D eigenvalue weighted by Crippen LogP contribution is 2.47. The number of hydrogen-bond acceptors (Lipinski definition) is 3. The van der Waals surface area contributed by atoms with Crippen LogP contribution in [0.5, 0.6) is 0 Å². The lowest BCUT2D eigenvalue weighted by atomic mass is 9.92. The van der Waals surface area contributed by atoms with Crippen molar-refractivity contribution in [2.24, 2.45) is 0 Å². The molecule has 2 saturated heterocycles. The number of rotatable bonds is 7. The molecule has 0 amide bonds. The van der Waals surface area contributed by atoms with Crippen LogP contribution in [0.2, 0.25) is 0 Å². The van der Waals surface area contributed by atoms with Crippen molar-refractivity contribution < 1.29 is 14.6 Å². The first-order valence-electron chi connectivity index (χ1n) is 6.90. The summed E-state index contributed by atoms with van der Waals surface area (Å²) in [5, 5.41) is 9.87. The Kier molecular flexibility index (Phi) is 3.37. The van der Waals surface area contributed by atoms with E-state index in [0.29, 0.717) is 12.5 Å². The molecule has 0 radical (unpaired) electrons. The van der Waals surface area contributed by atoms with E-state index < -0.39 is 5.60 Å². The Morgan fingerprint density at radius 2 is 1.83 bits per heavy atom. The second-order valence-corrected chi connectivity index (χ2v) is 6.77. The minimum atomic E-state index is -0.769. The van der Waals surface area contributed by atoms with Crippen LogP contribution in [0.25, 0.3) is 0 Å². The fourth-order valence-corrected chi connectivity index (χ4v) is 2.56. The number of epoxide rings is 2. The molecule has 0 bridgehead atoms. The molecule has 3 nitrogen and oxygen atoms in total. The van der Waals surface area contributed by atoms with Crippen LogP contribution >= 0.6 is 0 Å². The van der Waals surface area contributed by atoms with Crippen LogP contribution in [0.1, 0.15) is 53.4 Å². The molecule has 1 N–H and O–H groups in total. The topological polar surface area (TPSA) is 45.3 Å². The Hall–Kier alpha value is -0.380. The van der Waals surface area contributed by atoms with Crippen molar-refractivity contribution in [3.63, 3.8) is 0 Å². The number of ether oxygens (including phenoxy) is 2. The van der Waals surface area contributed by atoms with Gasteiger partial charge in [-0.2, -0.15) is 0 Å². The summed E-state index contributed by atoms with van der Waals surface area (Å²) in [6.07, 6.45) is 6.00. The van der Waals surface area contributed by atoms with Crippen LogP contribution in [0.4, 0.5) is 0 Å². The lowest BCUT2D eigenvalue weighted by molar-refractivity contribution is 0.0967. The summed E-state index contributed by atoms with van der Waals surface area (Å²) in [5.41, 5.74) is -0.693. The molecule has 4 unspecified atom stereocenters. The maximum absolute atomic E-state index is 9.87. The first kappa shape index (κ1) is 14.0. The maximum Gasteiger partial charge on any atom is 0.0921 e. The van der Waals surface area contributed by atoms with Gasteiger partial charge in [-0.15, -0.1) is 6.58 Å². The van der Waals surface area contributed by atoms with Crippen LogP contribution in [0, 0.1) is 0 Å². The average Bonchev–Trinajstić information content (AvgIpc) is 3.11. The first-order valence-corrected chi connectivity index (χ1v) is 6.90. The normalized spacial score (nSPS) is 40.1. The quantitative estimate of drug-likeness (QED) is 0.561. The Balaban J connectivity index is 1.67. The van der Waals surface area contributed by atoms with Gasteiger partial charge in [0, 0.05) is 0 Å². The molecule has 2 heterocycles. The standard InChI is InChI=1S/C15H26O3/c1-6-14(4,16)9-7-12-15(5,18-12)10-8-11-13(2,3)17-11/h6,11-12,16H,1,7-10H2,2-5H3. The van der Waals surface area contributed by atoms with Crippen molar-refractivity contribution in [1.82, 2.24) is 0 Å². The molecule has 18 heavy (non-hydrogen) atoms. The SMILES string of the molecule is C=CC(C)(O)CCC1OC1(C)CCC1OC1(C)C. The molecule has 2 aliphatic rings. The molecular formula is C15H26O3. The zero-order chi connectivity index (χ0) is 13.6. The van der Waals surface area contributed by atoms with E-state index in [1.807, 2.05) is 0 Å². The smallest absolute Gasteiger partial charge is 0.0921 e. The summed E-state index contributed by atoms with van der Waals surface area (Å²) in [7, 11) is 0. The van der Waals surface area contributed by atoms with Crippen molar-refractivity contribution in [2.45, 2.75) is 82.4 Å². The fraction of sp³-hybridized carbons (Fsp3) is 0.867. The fourth-order valence-electron chi connectivity index (χ4n) is 2.56. The van der Waals surface area contributed by atoms with Gasteiger partial charge in [0.1, 0.15) is 0 Å². The van der Waals surface area contributed by atoms with Gasteiger partial charge in [-0.25, -0.2) is 0 Å². The highest BCUT2D eigenvalue weighted by Gasteiger charge is 2.54. The largest absolute Gasteiger partial charge is 0.386 e. The van der Waals surface area contributed by atoms with Crippen LogP contribution < -0.4 is 0 Å². The summed E-state index contributed by atoms with van der Waals surface area (Å²) in [5.74, 6) is 0. The highest BCUT2D eigenvalue weighted by molar-refractivity contribution is 5.04. The van der Waals surface area contributed by atoms with Crippen LogP contribution in [-0.2, 0) is 9.47 Å². The molecule has 4 atom stereocenters. The van der Waals surface area contributed by atoms with E-state index in [2.05, 4.69) is 27.4 Å². The molecule has 0 spiro atoms. The average molecular weight is 254 g/mol. The Bertz CT molecular complexity index is 335. The predicted octanol–water partition coefficient (Wildman–Crippen LogP) is 2.82. The highest BCUT2D eigenvalue weighted by atomic mass is 16.6. The summed E-state index contributed by atoms with van der Waals surface area (Å²) < 4.78 is 11.4. The van der Waals surface area contributed by atoms with E-state index in [0.717, 1.165) is 19.3 Å². The van der Waals surface area contributed by atoms with Gasteiger partial charge in [-0.3, -0.25) is 0 Å². The summed E-state index contributed by atoms with van der Waals surface area (Å²) in [4.78, 5) is 0. The van der Waals surface area contributed by atoms with E-state index in [1.165, 1.54) is 0 Å². The zero-order valence-corrected chi connectivity index (χ0v) is 12.0. The van der Waals surface area contributed by atoms with Crippen molar-refractivity contribution in [1.29, 1.82) is 0 Å². The third kappa shape index (κ3) is 3.14. The molecule has 104 valence electrons. The Morgan fingerprint density at radius 3 is 2.33 bits per heavy atom. The third-order valence-electron chi connectivity index (χ3n) is 4.45. The first-order chi connectivity index (χ1) is 8.19. The second kappa shape index (κ2) is 4.32. The van der Waals surface area contributed by atoms with E-state index in [-0.39, 0.29) is 17.3 Å². The molecule has 0 aromatic heterocycles. The monoisotopic (exact) mass is 254 g/mol. The minimum absolute atomic E-state index is 0.000714. The van der Waals surface area contributed by atoms with Gasteiger partial charge < -0.3 is 14.6 Å². The number of hydrogen-bond donors (Lipinski definition) is 1. The molecular weight excluding hydrogens is 228 g/mol. The lowest BCUT2D eigenvalue weighted by Crippen LogP contribution is -2.22. The molecule has 2 aliphatic heterocycles. The lowest BCUT2D eigenvalue weighted by Gasteiger charge is -2.17. The van der Waals surface area contributed by atoms with Crippen molar-refractivity contribution in [3.05, 3.63) is 12.7 Å². The van der Waals surface area contributed by atoms with E-state index in [9.17, 15) is 5.11 Å².